The van der Waals surface area contributed by atoms with E-state index in [0.29, 0.717) is 39.1 Å². The maximum atomic E-state index is 13.2. The molecule has 0 saturated heterocycles. The van der Waals surface area contributed by atoms with Crippen molar-refractivity contribution < 1.29 is 12.8 Å². The average molecular weight is 395 g/mol. The Labute approximate surface area is 157 Å². The molecule has 7 nitrogen and oxygen atoms in total. The summed E-state index contributed by atoms with van der Waals surface area (Å²) < 4.78 is 36.3. The predicted octanol–water partition coefficient (Wildman–Crippen LogP) is 3.76. The highest BCUT2D eigenvalue weighted by atomic mass is 35.5. The molecule has 1 N–H and O–H groups in total. The molecule has 9 heteroatoms. The topological polar surface area (TPSA) is 90.0 Å². The quantitative estimate of drug-likeness (QED) is 0.727. The van der Waals surface area contributed by atoms with Gasteiger partial charge in [-0.2, -0.15) is 0 Å². The molecule has 2 heterocycles. The molecule has 0 aliphatic rings. The van der Waals surface area contributed by atoms with Crippen LogP contribution < -0.4 is 4.72 Å². The number of halogens is 1. The van der Waals surface area contributed by atoms with Gasteiger partial charge in [0.25, 0.3) is 15.9 Å². The minimum atomic E-state index is -3.91. The fraction of sp³-hybridized carbons (Fsp3) is 0.294. The van der Waals surface area contributed by atoms with Crippen LogP contribution in [0.25, 0.3) is 11.5 Å². The van der Waals surface area contributed by atoms with Gasteiger partial charge in [-0.3, -0.25) is 4.72 Å². The van der Waals surface area contributed by atoms with Gasteiger partial charge in [-0.05, 0) is 38.5 Å². The largest absolute Gasteiger partial charge is 0.421 e. The number of benzene rings is 1. The molecule has 26 heavy (non-hydrogen) atoms. The Morgan fingerprint density at radius 2 is 1.81 bits per heavy atom. The molecule has 3 aromatic rings. The summed E-state index contributed by atoms with van der Waals surface area (Å²) in [6.45, 7) is 6.96. The number of anilines is 1. The SMILES string of the molecule is Cc1nnc(-c2c(S(=O)(=O)Nc3cccc(Cl)c3C)c(C)n(C)c2C)o1. The van der Waals surface area contributed by atoms with Crippen molar-refractivity contribution >= 4 is 27.3 Å². The van der Waals surface area contributed by atoms with Crippen molar-refractivity contribution in [3.8, 4) is 11.5 Å². The fourth-order valence-electron chi connectivity index (χ4n) is 2.81. The molecule has 0 aliphatic heterocycles. The second-order valence-corrected chi connectivity index (χ2v) is 8.10. The average Bonchev–Trinajstić information content (AvgIpc) is 3.09. The van der Waals surface area contributed by atoms with Crippen LogP contribution in [-0.2, 0) is 17.1 Å². The Morgan fingerprint density at radius 3 is 2.42 bits per heavy atom. The highest BCUT2D eigenvalue weighted by molar-refractivity contribution is 7.93. The van der Waals surface area contributed by atoms with Crippen LogP contribution in [0.3, 0.4) is 0 Å². The smallest absolute Gasteiger partial charge is 0.264 e. The zero-order chi connectivity index (χ0) is 19.2. The standard InChI is InChI=1S/C17H19ClN4O3S/c1-9-13(18)7-6-8-14(9)21-26(23,24)16-11(3)22(5)10(2)15(16)17-20-19-12(4)25-17/h6-8,21H,1-5H3. The first-order valence-corrected chi connectivity index (χ1v) is 9.74. The van der Waals surface area contributed by atoms with E-state index >= 15 is 0 Å². The first-order chi connectivity index (χ1) is 12.1. The Kier molecular flexibility index (Phi) is 4.58. The number of aromatic nitrogens is 3. The zero-order valence-electron chi connectivity index (χ0n) is 15.1. The first kappa shape index (κ1) is 18.5. The maximum absolute atomic E-state index is 13.2. The first-order valence-electron chi connectivity index (χ1n) is 7.87. The summed E-state index contributed by atoms with van der Waals surface area (Å²) in [6, 6.07) is 5.07. The molecule has 0 fully saturated rings. The van der Waals surface area contributed by atoms with Gasteiger partial charge in [0.1, 0.15) is 4.90 Å². The Hall–Kier alpha value is -2.32. The van der Waals surface area contributed by atoms with Crippen LogP contribution >= 0.6 is 11.6 Å². The van der Waals surface area contributed by atoms with Crippen LogP contribution in [0.15, 0.2) is 27.5 Å². The van der Waals surface area contributed by atoms with E-state index in [0.717, 1.165) is 0 Å². The summed E-state index contributed by atoms with van der Waals surface area (Å²) in [6.07, 6.45) is 0. The number of sulfonamides is 1. The highest BCUT2D eigenvalue weighted by Gasteiger charge is 2.31. The summed E-state index contributed by atoms with van der Waals surface area (Å²) in [5.74, 6) is 0.537. The predicted molar refractivity (Wildman–Crippen MR) is 99.9 cm³/mol. The van der Waals surface area contributed by atoms with E-state index in [9.17, 15) is 8.42 Å². The second-order valence-electron chi connectivity index (χ2n) is 6.08. The van der Waals surface area contributed by atoms with Gasteiger partial charge >= 0.3 is 0 Å². The summed E-state index contributed by atoms with van der Waals surface area (Å²) in [5, 5.41) is 8.30. The van der Waals surface area contributed by atoms with Crippen molar-refractivity contribution in [1.82, 2.24) is 14.8 Å². The van der Waals surface area contributed by atoms with Gasteiger partial charge in [0.05, 0.1) is 11.3 Å². The Morgan fingerprint density at radius 1 is 1.12 bits per heavy atom. The molecule has 0 amide bonds. The summed E-state index contributed by atoms with van der Waals surface area (Å²) >= 11 is 6.11. The van der Waals surface area contributed by atoms with Crippen LogP contribution in [0.5, 0.6) is 0 Å². The van der Waals surface area contributed by atoms with Gasteiger partial charge in [-0.1, -0.05) is 17.7 Å². The van der Waals surface area contributed by atoms with Gasteiger partial charge in [0.2, 0.25) is 5.89 Å². The van der Waals surface area contributed by atoms with Crippen molar-refractivity contribution in [3.63, 3.8) is 0 Å². The molecule has 2 aromatic heterocycles. The lowest BCUT2D eigenvalue weighted by atomic mass is 10.2. The third-order valence-electron chi connectivity index (χ3n) is 4.44. The molecule has 0 unspecified atom stereocenters. The van der Waals surface area contributed by atoms with Crippen LogP contribution in [0.2, 0.25) is 5.02 Å². The summed E-state index contributed by atoms with van der Waals surface area (Å²) in [7, 11) is -2.12. The molecule has 138 valence electrons. The van der Waals surface area contributed by atoms with Gasteiger partial charge in [0, 0.05) is 30.4 Å². The van der Waals surface area contributed by atoms with Crippen molar-refractivity contribution in [2.45, 2.75) is 32.6 Å². The van der Waals surface area contributed by atoms with Gasteiger partial charge in [0.15, 0.2) is 0 Å². The van der Waals surface area contributed by atoms with E-state index in [4.69, 9.17) is 16.0 Å². The molecule has 3 rings (SSSR count). The van der Waals surface area contributed by atoms with Crippen LogP contribution in [-0.4, -0.2) is 23.2 Å². The van der Waals surface area contributed by atoms with Crippen LogP contribution in [0.1, 0.15) is 22.8 Å². The molecule has 0 saturated carbocycles. The lowest BCUT2D eigenvalue weighted by molar-refractivity contribution is 0.530. The van der Waals surface area contributed by atoms with Gasteiger partial charge < -0.3 is 8.98 Å². The van der Waals surface area contributed by atoms with Crippen molar-refractivity contribution in [1.29, 1.82) is 0 Å². The van der Waals surface area contributed by atoms with E-state index in [1.165, 1.54) is 0 Å². The van der Waals surface area contributed by atoms with Gasteiger partial charge in [-0.15, -0.1) is 10.2 Å². The third kappa shape index (κ3) is 2.99. The van der Waals surface area contributed by atoms with E-state index in [2.05, 4.69) is 14.9 Å². The van der Waals surface area contributed by atoms with Crippen molar-refractivity contribution in [3.05, 3.63) is 46.1 Å². The van der Waals surface area contributed by atoms with E-state index < -0.39 is 10.0 Å². The minimum Gasteiger partial charge on any atom is -0.421 e. The molecule has 0 radical (unpaired) electrons. The number of rotatable bonds is 4. The summed E-state index contributed by atoms with van der Waals surface area (Å²) in [4.78, 5) is 0.112. The van der Waals surface area contributed by atoms with Crippen molar-refractivity contribution in [2.24, 2.45) is 7.05 Å². The summed E-state index contributed by atoms with van der Waals surface area (Å²) in [5.41, 5.74) is 2.76. The number of nitrogens with one attached hydrogen (secondary N) is 1. The third-order valence-corrected chi connectivity index (χ3v) is 6.38. The number of aryl methyl sites for hydroxylation is 1. The fourth-order valence-corrected chi connectivity index (χ4v) is 4.63. The van der Waals surface area contributed by atoms with E-state index in [1.807, 2.05) is 6.92 Å². The molecule has 0 atom stereocenters. The molecule has 0 spiro atoms. The van der Waals surface area contributed by atoms with Crippen molar-refractivity contribution in [2.75, 3.05) is 4.72 Å². The monoisotopic (exact) mass is 394 g/mol. The lowest BCUT2D eigenvalue weighted by Gasteiger charge is -2.12. The minimum absolute atomic E-state index is 0.112. The number of hydrogen-bond donors (Lipinski definition) is 1. The lowest BCUT2D eigenvalue weighted by Crippen LogP contribution is -2.15. The number of hydrogen-bond acceptors (Lipinski definition) is 5. The molecule has 0 aliphatic carbocycles. The number of nitrogens with zero attached hydrogens (tertiary/aromatic N) is 3. The Balaban J connectivity index is 2.19. The molecular formula is C17H19ClN4O3S. The molecule has 0 bridgehead atoms. The second kappa shape index (κ2) is 6.44. The normalized spacial score (nSPS) is 11.8. The molecular weight excluding hydrogens is 376 g/mol. The van der Waals surface area contributed by atoms with Crippen LogP contribution in [0.4, 0.5) is 5.69 Å². The van der Waals surface area contributed by atoms with E-state index in [-0.39, 0.29) is 10.8 Å². The molecule has 1 aromatic carbocycles. The van der Waals surface area contributed by atoms with Gasteiger partial charge in [-0.25, -0.2) is 8.42 Å². The zero-order valence-corrected chi connectivity index (χ0v) is 16.7. The maximum Gasteiger partial charge on any atom is 0.264 e. The highest BCUT2D eigenvalue weighted by Crippen LogP contribution is 2.36. The van der Waals surface area contributed by atoms with Crippen LogP contribution in [0, 0.1) is 27.7 Å². The Bertz CT molecular complexity index is 1100. The van der Waals surface area contributed by atoms with E-state index in [1.54, 1.807) is 50.6 Å².